The Bertz CT molecular complexity index is 1030. The van der Waals surface area contributed by atoms with Crippen LogP contribution in [0.5, 0.6) is 0 Å². The van der Waals surface area contributed by atoms with Crippen LogP contribution in [0.25, 0.3) is 11.1 Å². The summed E-state index contributed by atoms with van der Waals surface area (Å²) in [5.41, 5.74) is 3.14. The number of pyridine rings is 1. The minimum absolute atomic E-state index is 0.0192. The molecule has 7 heteroatoms. The lowest BCUT2D eigenvalue weighted by molar-refractivity contribution is -0.123. The van der Waals surface area contributed by atoms with Gasteiger partial charge in [0.2, 0.25) is 5.91 Å². The summed E-state index contributed by atoms with van der Waals surface area (Å²) in [6, 6.07) is 8.48. The van der Waals surface area contributed by atoms with Crippen LogP contribution in [0, 0.1) is 18.7 Å². The van der Waals surface area contributed by atoms with Crippen molar-refractivity contribution in [3.63, 3.8) is 0 Å². The highest BCUT2D eigenvalue weighted by atomic mass is 19.1. The SMILES string of the molecule is Cc1ccc(N2CC[C@@H](NC(=O)[C@H]3C[C@@H]3c3nc4cc(F)ccc4o3)C2)cn1. The van der Waals surface area contributed by atoms with Gasteiger partial charge in [-0.25, -0.2) is 9.37 Å². The number of aryl methyl sites for hydroxylation is 1. The number of oxazole rings is 1. The lowest BCUT2D eigenvalue weighted by atomic mass is 10.2. The van der Waals surface area contributed by atoms with Crippen LogP contribution in [0.2, 0.25) is 0 Å². The first-order valence-electron chi connectivity index (χ1n) is 9.61. The predicted molar refractivity (Wildman–Crippen MR) is 103 cm³/mol. The number of nitrogens with one attached hydrogen (secondary N) is 1. The molecule has 6 nitrogen and oxygen atoms in total. The largest absolute Gasteiger partial charge is 0.440 e. The number of anilines is 1. The van der Waals surface area contributed by atoms with Crippen LogP contribution in [0.4, 0.5) is 10.1 Å². The summed E-state index contributed by atoms with van der Waals surface area (Å²) >= 11 is 0. The Morgan fingerprint density at radius 3 is 3.04 bits per heavy atom. The number of aromatic nitrogens is 2. The van der Waals surface area contributed by atoms with Crippen molar-refractivity contribution in [2.24, 2.45) is 5.92 Å². The highest BCUT2D eigenvalue weighted by Crippen LogP contribution is 2.48. The molecule has 3 atom stereocenters. The number of nitrogens with zero attached hydrogens (tertiary/aromatic N) is 3. The number of benzene rings is 1. The van der Waals surface area contributed by atoms with E-state index in [-0.39, 0.29) is 29.6 Å². The maximum Gasteiger partial charge on any atom is 0.224 e. The fourth-order valence-electron chi connectivity index (χ4n) is 3.90. The van der Waals surface area contributed by atoms with Gasteiger partial charge in [-0.1, -0.05) is 0 Å². The second-order valence-electron chi connectivity index (χ2n) is 7.71. The molecule has 1 aliphatic heterocycles. The van der Waals surface area contributed by atoms with Crippen LogP contribution >= 0.6 is 0 Å². The minimum Gasteiger partial charge on any atom is -0.440 e. The first kappa shape index (κ1) is 17.2. The smallest absolute Gasteiger partial charge is 0.224 e. The fourth-order valence-corrected chi connectivity index (χ4v) is 3.90. The Morgan fingerprint density at radius 2 is 2.21 bits per heavy atom. The first-order valence-corrected chi connectivity index (χ1v) is 9.61. The number of rotatable bonds is 4. The third kappa shape index (κ3) is 3.21. The van der Waals surface area contributed by atoms with Crippen molar-refractivity contribution < 1.29 is 13.6 Å². The van der Waals surface area contributed by atoms with Gasteiger partial charge in [0.25, 0.3) is 0 Å². The van der Waals surface area contributed by atoms with E-state index in [0.717, 1.165) is 37.3 Å². The van der Waals surface area contributed by atoms with Gasteiger partial charge in [0.1, 0.15) is 11.3 Å². The van der Waals surface area contributed by atoms with Gasteiger partial charge in [0.05, 0.1) is 17.8 Å². The average molecular weight is 380 g/mol. The van der Waals surface area contributed by atoms with Gasteiger partial charge in [-0.15, -0.1) is 0 Å². The van der Waals surface area contributed by atoms with E-state index in [4.69, 9.17) is 4.42 Å². The number of carbonyl (C=O) groups excluding carboxylic acids is 1. The third-order valence-electron chi connectivity index (χ3n) is 5.61. The fraction of sp³-hybridized carbons (Fsp3) is 0.381. The molecule has 28 heavy (non-hydrogen) atoms. The standard InChI is InChI=1S/C21H21FN4O2/c1-12-2-4-15(10-23-12)26-7-6-14(11-26)24-20(27)16-9-17(16)21-25-18-8-13(22)3-5-19(18)28-21/h2-5,8,10,14,16-17H,6-7,9,11H2,1H3,(H,24,27)/t14-,16+,17+/m1/s1. The van der Waals surface area contributed by atoms with Crippen LogP contribution in [0.15, 0.2) is 40.9 Å². The minimum atomic E-state index is -0.341. The van der Waals surface area contributed by atoms with Gasteiger partial charge in [0, 0.05) is 36.8 Å². The molecule has 1 saturated heterocycles. The molecule has 144 valence electrons. The van der Waals surface area contributed by atoms with E-state index in [9.17, 15) is 9.18 Å². The summed E-state index contributed by atoms with van der Waals surface area (Å²) < 4.78 is 19.0. The summed E-state index contributed by atoms with van der Waals surface area (Å²) in [6.07, 6.45) is 3.52. The monoisotopic (exact) mass is 380 g/mol. The van der Waals surface area contributed by atoms with Gasteiger partial charge < -0.3 is 14.6 Å². The van der Waals surface area contributed by atoms with Crippen molar-refractivity contribution in [2.75, 3.05) is 18.0 Å². The zero-order valence-corrected chi connectivity index (χ0v) is 15.6. The Labute approximate surface area is 161 Å². The predicted octanol–water partition coefficient (Wildman–Crippen LogP) is 3.17. The van der Waals surface area contributed by atoms with Crippen molar-refractivity contribution in [3.8, 4) is 0 Å². The van der Waals surface area contributed by atoms with Crippen LogP contribution in [-0.4, -0.2) is 35.0 Å². The second kappa shape index (κ2) is 6.58. The van der Waals surface area contributed by atoms with E-state index >= 15 is 0 Å². The average Bonchev–Trinajstić information content (AvgIpc) is 3.17. The molecular formula is C21H21FN4O2. The molecule has 0 spiro atoms. The molecule has 0 bridgehead atoms. The van der Waals surface area contributed by atoms with E-state index in [1.807, 2.05) is 19.2 Å². The molecule has 1 aliphatic carbocycles. The van der Waals surface area contributed by atoms with Crippen LogP contribution in [0.3, 0.4) is 0 Å². The maximum absolute atomic E-state index is 13.3. The van der Waals surface area contributed by atoms with E-state index in [1.54, 1.807) is 6.07 Å². The number of hydrogen-bond acceptors (Lipinski definition) is 5. The molecule has 0 unspecified atom stereocenters. The number of carbonyl (C=O) groups is 1. The number of fused-ring (bicyclic) bond motifs is 1. The lowest BCUT2D eigenvalue weighted by Crippen LogP contribution is -2.38. The molecule has 5 rings (SSSR count). The molecule has 3 heterocycles. The Balaban J connectivity index is 1.19. The number of hydrogen-bond donors (Lipinski definition) is 1. The van der Waals surface area contributed by atoms with E-state index in [2.05, 4.69) is 26.3 Å². The van der Waals surface area contributed by atoms with Crippen molar-refractivity contribution in [1.82, 2.24) is 15.3 Å². The Kier molecular flexibility index (Phi) is 4.03. The molecule has 1 N–H and O–H groups in total. The van der Waals surface area contributed by atoms with Crippen molar-refractivity contribution >= 4 is 22.7 Å². The third-order valence-corrected chi connectivity index (χ3v) is 5.61. The molecule has 3 aromatic rings. The van der Waals surface area contributed by atoms with E-state index < -0.39 is 0 Å². The first-order chi connectivity index (χ1) is 13.6. The van der Waals surface area contributed by atoms with E-state index in [0.29, 0.717) is 17.0 Å². The highest BCUT2D eigenvalue weighted by molar-refractivity contribution is 5.83. The molecule has 2 aliphatic rings. The van der Waals surface area contributed by atoms with Gasteiger partial charge >= 0.3 is 0 Å². The van der Waals surface area contributed by atoms with Gasteiger partial charge in [0.15, 0.2) is 11.5 Å². The van der Waals surface area contributed by atoms with Crippen LogP contribution < -0.4 is 10.2 Å². The summed E-state index contributed by atoms with van der Waals surface area (Å²) in [4.78, 5) is 23.6. The Hall–Kier alpha value is -2.96. The van der Waals surface area contributed by atoms with Crippen molar-refractivity contribution in [1.29, 1.82) is 0 Å². The second-order valence-corrected chi connectivity index (χ2v) is 7.71. The summed E-state index contributed by atoms with van der Waals surface area (Å²) in [5.74, 6) is 0.0983. The van der Waals surface area contributed by atoms with Gasteiger partial charge in [-0.2, -0.15) is 0 Å². The zero-order chi connectivity index (χ0) is 19.3. The van der Waals surface area contributed by atoms with E-state index in [1.165, 1.54) is 12.1 Å². The van der Waals surface area contributed by atoms with Crippen LogP contribution in [0.1, 0.15) is 30.3 Å². The van der Waals surface area contributed by atoms with Gasteiger partial charge in [-0.3, -0.25) is 9.78 Å². The molecule has 2 fully saturated rings. The summed E-state index contributed by atoms with van der Waals surface area (Å²) in [6.45, 7) is 3.66. The molecule has 1 saturated carbocycles. The highest BCUT2D eigenvalue weighted by Gasteiger charge is 2.48. The molecule has 1 aromatic carbocycles. The lowest BCUT2D eigenvalue weighted by Gasteiger charge is -2.18. The molecule has 1 amide bonds. The zero-order valence-electron chi connectivity index (χ0n) is 15.6. The Morgan fingerprint density at radius 1 is 1.32 bits per heavy atom. The molecule has 0 radical (unpaired) electrons. The summed E-state index contributed by atoms with van der Waals surface area (Å²) in [7, 11) is 0. The van der Waals surface area contributed by atoms with Crippen LogP contribution in [-0.2, 0) is 4.79 Å². The quantitative estimate of drug-likeness (QED) is 0.753. The summed E-state index contributed by atoms with van der Waals surface area (Å²) in [5, 5.41) is 3.16. The topological polar surface area (TPSA) is 71.3 Å². The molecule has 2 aromatic heterocycles. The van der Waals surface area contributed by atoms with Crippen molar-refractivity contribution in [3.05, 3.63) is 53.9 Å². The van der Waals surface area contributed by atoms with Crippen molar-refractivity contribution in [2.45, 2.75) is 31.7 Å². The number of halogens is 1. The molecular weight excluding hydrogens is 359 g/mol. The normalized spacial score (nSPS) is 23.9. The maximum atomic E-state index is 13.3. The van der Waals surface area contributed by atoms with Gasteiger partial charge in [-0.05, 0) is 44.0 Å². The number of amides is 1.